The number of aryl methyl sites for hydroxylation is 2. The largest absolute Gasteiger partial charge is 0.465 e. The minimum atomic E-state index is 0.318. The third kappa shape index (κ3) is 4.11. The van der Waals surface area contributed by atoms with Gasteiger partial charge in [-0.25, -0.2) is 0 Å². The molecule has 0 aliphatic carbocycles. The van der Waals surface area contributed by atoms with E-state index in [-0.39, 0.29) is 0 Å². The highest BCUT2D eigenvalue weighted by molar-refractivity contribution is 5.09. The van der Waals surface area contributed by atoms with Gasteiger partial charge in [0.1, 0.15) is 11.5 Å². The van der Waals surface area contributed by atoms with Gasteiger partial charge in [-0.15, -0.1) is 0 Å². The molecule has 0 unspecified atom stereocenters. The van der Waals surface area contributed by atoms with Crippen molar-refractivity contribution in [2.75, 3.05) is 26.2 Å². The van der Waals surface area contributed by atoms with Gasteiger partial charge in [0, 0.05) is 37.9 Å². The number of ether oxygens (including phenoxy) is 1. The summed E-state index contributed by atoms with van der Waals surface area (Å²) in [4.78, 5) is 9.61. The van der Waals surface area contributed by atoms with Crippen LogP contribution < -0.4 is 0 Å². The summed E-state index contributed by atoms with van der Waals surface area (Å²) in [6.07, 6.45) is 1.43. The fourth-order valence-electron chi connectivity index (χ4n) is 4.00. The topological polar surface area (TPSA) is 41.7 Å². The van der Waals surface area contributed by atoms with Crippen LogP contribution in [-0.4, -0.2) is 53.1 Å². The summed E-state index contributed by atoms with van der Waals surface area (Å²) in [5.41, 5.74) is 2.08. The summed E-state index contributed by atoms with van der Waals surface area (Å²) in [7, 11) is 0. The summed E-state index contributed by atoms with van der Waals surface area (Å²) in [6.45, 7) is 9.92. The minimum Gasteiger partial charge on any atom is -0.465 e. The zero-order valence-electron chi connectivity index (χ0n) is 15.1. The molecule has 2 aliphatic rings. The number of fused-ring (bicyclic) bond motifs is 1. The molecule has 5 heteroatoms. The summed E-state index contributed by atoms with van der Waals surface area (Å²) in [6, 6.07) is 10.9. The Morgan fingerprint density at radius 3 is 2.88 bits per heavy atom. The molecule has 25 heavy (non-hydrogen) atoms. The van der Waals surface area contributed by atoms with Crippen LogP contribution in [0, 0.1) is 13.8 Å². The molecular formula is C20H27N3O2. The number of pyridine rings is 1. The molecule has 2 saturated heterocycles. The molecule has 0 saturated carbocycles. The Hall–Kier alpha value is -1.69. The molecule has 2 aromatic heterocycles. The Balaban J connectivity index is 1.28. The molecule has 134 valence electrons. The molecule has 2 atom stereocenters. The number of hydrogen-bond donors (Lipinski definition) is 0. The van der Waals surface area contributed by atoms with Gasteiger partial charge in [0.15, 0.2) is 0 Å². The third-order valence-corrected chi connectivity index (χ3v) is 5.25. The summed E-state index contributed by atoms with van der Waals surface area (Å²) in [5, 5.41) is 0. The van der Waals surface area contributed by atoms with Gasteiger partial charge in [-0.2, -0.15) is 0 Å². The van der Waals surface area contributed by atoms with Crippen molar-refractivity contribution in [3.05, 3.63) is 53.2 Å². The van der Waals surface area contributed by atoms with E-state index in [0.717, 1.165) is 62.1 Å². The average Bonchev–Trinajstić information content (AvgIpc) is 3.18. The normalized spacial score (nSPS) is 24.6. The van der Waals surface area contributed by atoms with Crippen molar-refractivity contribution < 1.29 is 9.15 Å². The molecule has 0 amide bonds. The van der Waals surface area contributed by atoms with Gasteiger partial charge in [-0.05, 0) is 44.5 Å². The van der Waals surface area contributed by atoms with Crippen LogP contribution in [-0.2, 0) is 17.9 Å². The summed E-state index contributed by atoms with van der Waals surface area (Å²) < 4.78 is 11.9. The molecule has 4 rings (SSSR count). The Morgan fingerprint density at radius 1 is 1.16 bits per heavy atom. The van der Waals surface area contributed by atoms with Crippen LogP contribution in [0.2, 0.25) is 0 Å². The molecule has 2 aliphatic heterocycles. The van der Waals surface area contributed by atoms with E-state index in [2.05, 4.69) is 20.9 Å². The van der Waals surface area contributed by atoms with E-state index < -0.39 is 0 Å². The smallest absolute Gasteiger partial charge is 0.118 e. The Labute approximate surface area is 149 Å². The average molecular weight is 341 g/mol. The predicted octanol–water partition coefficient (Wildman–Crippen LogP) is 2.77. The minimum absolute atomic E-state index is 0.318. The van der Waals surface area contributed by atoms with Gasteiger partial charge in [-0.1, -0.05) is 6.07 Å². The van der Waals surface area contributed by atoms with E-state index in [1.165, 1.54) is 0 Å². The molecular weight excluding hydrogens is 314 g/mol. The van der Waals surface area contributed by atoms with Gasteiger partial charge in [-0.3, -0.25) is 14.8 Å². The summed E-state index contributed by atoms with van der Waals surface area (Å²) in [5.74, 6) is 2.06. The number of piperazine rings is 1. The standard InChI is InChI=1S/C20H27N3O2/c1-15-4-3-5-17(21-15)14-24-20-10-18-11-22(8-9-23(18)13-20)12-19-7-6-16(2)25-19/h3-7,18,20H,8-14H2,1-2H3/t18-,20-/m0/s1. The van der Waals surface area contributed by atoms with Crippen molar-refractivity contribution in [1.82, 2.24) is 14.8 Å². The second kappa shape index (κ2) is 7.28. The van der Waals surface area contributed by atoms with Crippen LogP contribution in [0.5, 0.6) is 0 Å². The van der Waals surface area contributed by atoms with Crippen LogP contribution in [0.15, 0.2) is 34.7 Å². The molecule has 0 radical (unpaired) electrons. The first kappa shape index (κ1) is 16.8. The van der Waals surface area contributed by atoms with Crippen LogP contribution >= 0.6 is 0 Å². The van der Waals surface area contributed by atoms with Gasteiger partial charge in [0.05, 0.1) is 24.9 Å². The zero-order valence-corrected chi connectivity index (χ0v) is 15.1. The maximum absolute atomic E-state index is 6.15. The van der Waals surface area contributed by atoms with Gasteiger partial charge >= 0.3 is 0 Å². The molecule has 0 spiro atoms. The second-order valence-corrected chi connectivity index (χ2v) is 7.34. The number of rotatable bonds is 5. The van der Waals surface area contributed by atoms with Crippen molar-refractivity contribution in [2.24, 2.45) is 0 Å². The monoisotopic (exact) mass is 341 g/mol. The first-order valence-corrected chi connectivity index (χ1v) is 9.21. The number of aromatic nitrogens is 1. The van der Waals surface area contributed by atoms with E-state index in [4.69, 9.17) is 9.15 Å². The van der Waals surface area contributed by atoms with Gasteiger partial charge in [0.2, 0.25) is 0 Å². The van der Waals surface area contributed by atoms with Crippen molar-refractivity contribution in [2.45, 2.75) is 45.6 Å². The van der Waals surface area contributed by atoms with Crippen LogP contribution in [0.1, 0.15) is 29.3 Å². The Kier molecular flexibility index (Phi) is 4.88. The highest BCUT2D eigenvalue weighted by atomic mass is 16.5. The summed E-state index contributed by atoms with van der Waals surface area (Å²) >= 11 is 0. The second-order valence-electron chi connectivity index (χ2n) is 7.34. The molecule has 0 bridgehead atoms. The highest BCUT2D eigenvalue weighted by Gasteiger charge is 2.36. The van der Waals surface area contributed by atoms with Crippen LogP contribution in [0.3, 0.4) is 0 Å². The maximum Gasteiger partial charge on any atom is 0.118 e. The molecule has 2 fully saturated rings. The lowest BCUT2D eigenvalue weighted by Gasteiger charge is -2.36. The van der Waals surface area contributed by atoms with Crippen molar-refractivity contribution >= 4 is 0 Å². The SMILES string of the molecule is Cc1cccc(CO[C@H]2C[C@H]3CN(Cc4ccc(C)o4)CCN3C2)n1. The fourth-order valence-corrected chi connectivity index (χ4v) is 4.00. The Bertz CT molecular complexity index is 714. The zero-order chi connectivity index (χ0) is 17.2. The molecule has 0 N–H and O–H groups in total. The Morgan fingerprint density at radius 2 is 2.08 bits per heavy atom. The van der Waals surface area contributed by atoms with E-state index in [0.29, 0.717) is 18.8 Å². The van der Waals surface area contributed by atoms with E-state index >= 15 is 0 Å². The van der Waals surface area contributed by atoms with Gasteiger partial charge in [0.25, 0.3) is 0 Å². The predicted molar refractivity (Wildman–Crippen MR) is 96.3 cm³/mol. The van der Waals surface area contributed by atoms with E-state index in [9.17, 15) is 0 Å². The van der Waals surface area contributed by atoms with Crippen molar-refractivity contribution in [3.63, 3.8) is 0 Å². The number of furan rings is 1. The molecule has 5 nitrogen and oxygen atoms in total. The molecule has 4 heterocycles. The van der Waals surface area contributed by atoms with Crippen molar-refractivity contribution in [1.29, 1.82) is 0 Å². The lowest BCUT2D eigenvalue weighted by molar-refractivity contribution is 0.0438. The first-order valence-electron chi connectivity index (χ1n) is 9.21. The van der Waals surface area contributed by atoms with Crippen LogP contribution in [0.25, 0.3) is 0 Å². The number of nitrogens with zero attached hydrogens (tertiary/aromatic N) is 3. The van der Waals surface area contributed by atoms with Crippen LogP contribution in [0.4, 0.5) is 0 Å². The third-order valence-electron chi connectivity index (χ3n) is 5.25. The highest BCUT2D eigenvalue weighted by Crippen LogP contribution is 2.25. The lowest BCUT2D eigenvalue weighted by Crippen LogP contribution is -2.49. The quantitative estimate of drug-likeness (QED) is 0.836. The van der Waals surface area contributed by atoms with E-state index in [1.54, 1.807) is 0 Å². The van der Waals surface area contributed by atoms with E-state index in [1.807, 2.05) is 38.1 Å². The molecule has 2 aromatic rings. The number of hydrogen-bond acceptors (Lipinski definition) is 5. The maximum atomic E-state index is 6.15. The van der Waals surface area contributed by atoms with Gasteiger partial charge < -0.3 is 9.15 Å². The van der Waals surface area contributed by atoms with Crippen molar-refractivity contribution in [3.8, 4) is 0 Å². The fraction of sp³-hybridized carbons (Fsp3) is 0.550. The first-order chi connectivity index (χ1) is 12.2. The lowest BCUT2D eigenvalue weighted by atomic mass is 10.1. The molecule has 0 aromatic carbocycles.